The molecule has 0 fully saturated rings. The number of oxime groups is 1. The Kier molecular flexibility index (Phi) is 3.70. The average molecular weight is 352 g/mol. The fraction of sp³-hybridized carbons (Fsp3) is 0.118. The van der Waals surface area contributed by atoms with Gasteiger partial charge in [-0.2, -0.15) is 0 Å². The molecule has 26 heavy (non-hydrogen) atoms. The molecule has 0 saturated carbocycles. The lowest BCUT2D eigenvalue weighted by molar-refractivity contribution is -0.384. The quantitative estimate of drug-likeness (QED) is 0.336. The van der Waals surface area contributed by atoms with Crippen molar-refractivity contribution in [1.82, 2.24) is 9.55 Å². The molecule has 2 aromatic carbocycles. The fourth-order valence-electron chi connectivity index (χ4n) is 2.90. The maximum absolute atomic E-state index is 12.9. The summed E-state index contributed by atoms with van der Waals surface area (Å²) >= 11 is 0. The standard InChI is InChI=1S/C17H12N4O5/c22-7-8-26-19-15-12-9-10(21(24)25)5-6-14(12)20-16(15)18-13-4-2-1-3-11(13)17(20)23/h1-6,9,22H,7-8H2/b19-15+. The summed E-state index contributed by atoms with van der Waals surface area (Å²) in [5.41, 5.74) is 1.08. The molecule has 1 aliphatic heterocycles. The molecule has 9 nitrogen and oxygen atoms in total. The van der Waals surface area contributed by atoms with Crippen molar-refractivity contribution in [2.45, 2.75) is 0 Å². The second-order valence-electron chi connectivity index (χ2n) is 5.55. The molecule has 9 heteroatoms. The molecule has 130 valence electrons. The van der Waals surface area contributed by atoms with Crippen LogP contribution in [0.2, 0.25) is 0 Å². The molecule has 1 N–H and O–H groups in total. The summed E-state index contributed by atoms with van der Waals surface area (Å²) in [5.74, 6) is 0.238. The Balaban J connectivity index is 2.03. The molecule has 4 rings (SSSR count). The minimum atomic E-state index is -0.526. The molecule has 0 amide bonds. The van der Waals surface area contributed by atoms with Crippen LogP contribution in [0.25, 0.3) is 16.6 Å². The van der Waals surface area contributed by atoms with E-state index in [-0.39, 0.29) is 36.0 Å². The highest BCUT2D eigenvalue weighted by molar-refractivity contribution is 6.16. The summed E-state index contributed by atoms with van der Waals surface area (Å²) in [4.78, 5) is 33.1. The van der Waals surface area contributed by atoms with Crippen LogP contribution in [0.1, 0.15) is 11.4 Å². The largest absolute Gasteiger partial charge is 0.393 e. The van der Waals surface area contributed by atoms with Crippen molar-refractivity contribution in [1.29, 1.82) is 0 Å². The molecule has 0 unspecified atom stereocenters. The number of hydrogen-bond donors (Lipinski definition) is 1. The molecule has 1 aliphatic rings. The summed E-state index contributed by atoms with van der Waals surface area (Å²) < 4.78 is 1.36. The molecule has 3 aromatic rings. The number of nitro groups is 1. The number of hydrogen-bond acceptors (Lipinski definition) is 7. The average Bonchev–Trinajstić information content (AvgIpc) is 2.95. The van der Waals surface area contributed by atoms with Crippen molar-refractivity contribution in [3.8, 4) is 5.69 Å². The Hall–Kier alpha value is -3.59. The third-order valence-electron chi connectivity index (χ3n) is 4.01. The minimum Gasteiger partial charge on any atom is -0.393 e. The van der Waals surface area contributed by atoms with Crippen molar-refractivity contribution < 1.29 is 14.9 Å². The number of rotatable bonds is 4. The first kappa shape index (κ1) is 15.9. The SMILES string of the molecule is O=c1c2ccccc2nc2n1-c1ccc([N+](=O)[O-])cc1/C2=N\OCCO. The number of aromatic nitrogens is 2. The Morgan fingerprint density at radius 3 is 2.85 bits per heavy atom. The third kappa shape index (κ3) is 2.33. The van der Waals surface area contributed by atoms with Crippen molar-refractivity contribution in [2.75, 3.05) is 13.2 Å². The lowest BCUT2D eigenvalue weighted by Gasteiger charge is -2.05. The van der Waals surface area contributed by atoms with Gasteiger partial charge in [0, 0.05) is 17.7 Å². The predicted molar refractivity (Wildman–Crippen MR) is 92.7 cm³/mol. The lowest BCUT2D eigenvalue weighted by atomic mass is 10.1. The minimum absolute atomic E-state index is 0.0500. The number of fused-ring (bicyclic) bond motifs is 4. The van der Waals surface area contributed by atoms with Gasteiger partial charge < -0.3 is 9.94 Å². The van der Waals surface area contributed by atoms with Gasteiger partial charge in [0.2, 0.25) is 0 Å². The monoisotopic (exact) mass is 352 g/mol. The molecular weight excluding hydrogens is 340 g/mol. The first-order chi connectivity index (χ1) is 12.6. The van der Waals surface area contributed by atoms with Crippen LogP contribution in [0.3, 0.4) is 0 Å². The van der Waals surface area contributed by atoms with Crippen LogP contribution in [-0.4, -0.2) is 38.5 Å². The molecular formula is C17H12N4O5. The van der Waals surface area contributed by atoms with Crippen LogP contribution < -0.4 is 5.56 Å². The van der Waals surface area contributed by atoms with Crippen LogP contribution in [0.15, 0.2) is 52.4 Å². The van der Waals surface area contributed by atoms with E-state index in [4.69, 9.17) is 9.94 Å². The summed E-state index contributed by atoms with van der Waals surface area (Å²) in [6.07, 6.45) is 0. The second kappa shape index (κ2) is 6.05. The number of nitrogens with zero attached hydrogens (tertiary/aromatic N) is 4. The first-order valence-electron chi connectivity index (χ1n) is 7.74. The number of aliphatic hydroxyl groups is 1. The van der Waals surface area contributed by atoms with E-state index in [2.05, 4.69) is 10.1 Å². The van der Waals surface area contributed by atoms with Crippen LogP contribution >= 0.6 is 0 Å². The Bertz CT molecular complexity index is 1140. The highest BCUT2D eigenvalue weighted by Crippen LogP contribution is 2.30. The topological polar surface area (TPSA) is 120 Å². The Labute approximate surface area is 145 Å². The number of nitro benzene ring substituents is 1. The smallest absolute Gasteiger partial charge is 0.270 e. The fourth-order valence-corrected chi connectivity index (χ4v) is 2.90. The maximum Gasteiger partial charge on any atom is 0.270 e. The third-order valence-corrected chi connectivity index (χ3v) is 4.01. The van der Waals surface area contributed by atoms with Crippen LogP contribution in [0, 0.1) is 10.1 Å². The molecule has 2 heterocycles. The molecule has 0 radical (unpaired) electrons. The highest BCUT2D eigenvalue weighted by atomic mass is 16.6. The van der Waals surface area contributed by atoms with Gasteiger partial charge in [-0.1, -0.05) is 17.3 Å². The molecule has 0 bridgehead atoms. The van der Waals surface area contributed by atoms with E-state index in [0.717, 1.165) is 0 Å². The van der Waals surface area contributed by atoms with Crippen LogP contribution in [-0.2, 0) is 4.84 Å². The Morgan fingerprint density at radius 1 is 1.27 bits per heavy atom. The van der Waals surface area contributed by atoms with Crippen LogP contribution in [0.4, 0.5) is 5.69 Å². The summed E-state index contributed by atoms with van der Waals surface area (Å²) in [6, 6.07) is 11.0. The molecule has 0 aliphatic carbocycles. The summed E-state index contributed by atoms with van der Waals surface area (Å²) in [6.45, 7) is -0.290. The first-order valence-corrected chi connectivity index (χ1v) is 7.74. The summed E-state index contributed by atoms with van der Waals surface area (Å²) in [5, 5.41) is 24.4. The highest BCUT2D eigenvalue weighted by Gasteiger charge is 2.31. The molecule has 0 spiro atoms. The van der Waals surface area contributed by atoms with E-state index in [1.54, 1.807) is 24.3 Å². The zero-order chi connectivity index (χ0) is 18.3. The molecule has 0 saturated heterocycles. The maximum atomic E-state index is 12.9. The predicted octanol–water partition coefficient (Wildman–Crippen LogP) is 1.37. The van der Waals surface area contributed by atoms with Gasteiger partial charge in [0.25, 0.3) is 11.2 Å². The van der Waals surface area contributed by atoms with E-state index in [0.29, 0.717) is 22.2 Å². The van der Waals surface area contributed by atoms with Gasteiger partial charge in [-0.05, 0) is 18.2 Å². The van der Waals surface area contributed by atoms with Gasteiger partial charge in [0.1, 0.15) is 6.61 Å². The normalized spacial score (nSPS) is 13.7. The van der Waals surface area contributed by atoms with Gasteiger partial charge in [0.05, 0.1) is 28.1 Å². The zero-order valence-electron chi connectivity index (χ0n) is 13.3. The van der Waals surface area contributed by atoms with Gasteiger partial charge in [0.15, 0.2) is 11.5 Å². The van der Waals surface area contributed by atoms with Gasteiger partial charge in [-0.15, -0.1) is 0 Å². The van der Waals surface area contributed by atoms with E-state index in [1.165, 1.54) is 22.8 Å². The Morgan fingerprint density at radius 2 is 2.08 bits per heavy atom. The molecule has 1 aromatic heterocycles. The number of non-ortho nitro benzene ring substituents is 1. The van der Waals surface area contributed by atoms with Crippen LogP contribution in [0.5, 0.6) is 0 Å². The van der Waals surface area contributed by atoms with Crippen molar-refractivity contribution in [2.24, 2.45) is 5.16 Å². The zero-order valence-corrected chi connectivity index (χ0v) is 13.3. The van der Waals surface area contributed by atoms with Crippen molar-refractivity contribution in [3.63, 3.8) is 0 Å². The van der Waals surface area contributed by atoms with E-state index < -0.39 is 4.92 Å². The van der Waals surface area contributed by atoms with Crippen molar-refractivity contribution in [3.05, 3.63) is 74.3 Å². The van der Waals surface area contributed by atoms with Gasteiger partial charge in [-0.25, -0.2) is 4.98 Å². The van der Waals surface area contributed by atoms with Gasteiger partial charge >= 0.3 is 0 Å². The number of benzene rings is 2. The number of aliphatic hydroxyl groups excluding tert-OH is 1. The summed E-state index contributed by atoms with van der Waals surface area (Å²) in [7, 11) is 0. The van der Waals surface area contributed by atoms with E-state index in [1.807, 2.05) is 0 Å². The second-order valence-corrected chi connectivity index (χ2v) is 5.55. The van der Waals surface area contributed by atoms with E-state index >= 15 is 0 Å². The molecule has 0 atom stereocenters. The number of para-hydroxylation sites is 1. The van der Waals surface area contributed by atoms with E-state index in [9.17, 15) is 14.9 Å². The lowest BCUT2D eigenvalue weighted by Crippen LogP contribution is -2.21. The van der Waals surface area contributed by atoms with Crippen molar-refractivity contribution >= 4 is 22.3 Å². The van der Waals surface area contributed by atoms with Gasteiger partial charge in [-0.3, -0.25) is 19.5 Å².